The van der Waals surface area contributed by atoms with E-state index in [0.29, 0.717) is 54.0 Å². The Labute approximate surface area is 303 Å². The Bertz CT molecular complexity index is 2020. The highest BCUT2D eigenvalue weighted by atomic mass is 35.5. The Balaban J connectivity index is 1.36. The lowest BCUT2D eigenvalue weighted by Gasteiger charge is -2.25. The SMILES string of the molecule is COC(=O)c1ccc(OCCc2c(CCNS(=O)(=O)CCN3CCNC3=S)n(C(c3ccccc3)c3ccccc3)c3ccc(Cl)cc23)cc1. The minimum atomic E-state index is -3.58. The van der Waals surface area contributed by atoms with Gasteiger partial charge in [0.2, 0.25) is 10.0 Å². The molecular weight excluding hydrogens is 692 g/mol. The zero-order chi connectivity index (χ0) is 35.1. The molecule has 0 amide bonds. The molecule has 5 aromatic rings. The van der Waals surface area contributed by atoms with E-state index in [2.05, 4.69) is 38.9 Å². The minimum Gasteiger partial charge on any atom is -0.493 e. The standard InChI is InChI=1S/C38H39ClN4O5S2/c1-47-37(44)29-12-15-31(16-13-29)48-24-19-32-33-26-30(39)14-17-34(33)43(36(27-8-4-2-5-9-27)28-10-6-3-7-11-28)35(32)18-20-41-50(45,46)25-23-42-22-21-40-38(42)49/h2-17,26,36,41H,18-25H2,1H3,(H,40,49). The van der Waals surface area contributed by atoms with E-state index in [1.807, 2.05) is 59.5 Å². The van der Waals surface area contributed by atoms with E-state index in [1.54, 1.807) is 24.3 Å². The van der Waals surface area contributed by atoms with Gasteiger partial charge in [-0.15, -0.1) is 0 Å². The maximum Gasteiger partial charge on any atom is 0.337 e. The number of carbonyl (C=O) groups is 1. The van der Waals surface area contributed by atoms with Crippen LogP contribution in [-0.4, -0.2) is 74.6 Å². The predicted molar refractivity (Wildman–Crippen MR) is 202 cm³/mol. The molecule has 2 N–H and O–H groups in total. The summed E-state index contributed by atoms with van der Waals surface area (Å²) in [4.78, 5) is 13.8. The van der Waals surface area contributed by atoms with Crippen molar-refractivity contribution in [1.29, 1.82) is 0 Å². The van der Waals surface area contributed by atoms with Gasteiger partial charge in [0.15, 0.2) is 5.11 Å². The Morgan fingerprint density at radius 3 is 2.26 bits per heavy atom. The zero-order valence-electron chi connectivity index (χ0n) is 27.7. The molecule has 0 atom stereocenters. The van der Waals surface area contributed by atoms with Crippen LogP contribution in [-0.2, 0) is 27.6 Å². The number of thiocarbonyl (C=S) groups is 1. The number of carbonyl (C=O) groups excluding carboxylic acids is 1. The number of esters is 1. The molecule has 50 heavy (non-hydrogen) atoms. The highest BCUT2D eigenvalue weighted by Gasteiger charge is 2.26. The third-order valence-corrected chi connectivity index (χ3v) is 10.8. The monoisotopic (exact) mass is 730 g/mol. The van der Waals surface area contributed by atoms with Crippen LogP contribution in [0.2, 0.25) is 5.02 Å². The smallest absolute Gasteiger partial charge is 0.337 e. The molecule has 260 valence electrons. The molecule has 1 fully saturated rings. The van der Waals surface area contributed by atoms with Gasteiger partial charge < -0.3 is 24.3 Å². The molecular formula is C38H39ClN4O5S2. The highest BCUT2D eigenvalue weighted by Crippen LogP contribution is 2.37. The first kappa shape index (κ1) is 35.4. The van der Waals surface area contributed by atoms with Crippen molar-refractivity contribution in [1.82, 2.24) is 19.5 Å². The van der Waals surface area contributed by atoms with Crippen molar-refractivity contribution < 1.29 is 22.7 Å². The van der Waals surface area contributed by atoms with E-state index < -0.39 is 16.0 Å². The summed E-state index contributed by atoms with van der Waals surface area (Å²) >= 11 is 11.9. The minimum absolute atomic E-state index is 0.0560. The number of ether oxygens (including phenoxy) is 2. The Morgan fingerprint density at radius 1 is 0.960 bits per heavy atom. The number of rotatable bonds is 15. The van der Waals surface area contributed by atoms with Gasteiger partial charge in [-0.2, -0.15) is 0 Å². The number of methoxy groups -OCH3 is 1. The van der Waals surface area contributed by atoms with E-state index in [-0.39, 0.29) is 18.3 Å². The summed E-state index contributed by atoms with van der Waals surface area (Å²) in [6.45, 7) is 2.28. The number of nitrogens with one attached hydrogen (secondary N) is 2. The zero-order valence-corrected chi connectivity index (χ0v) is 30.1. The average Bonchev–Trinajstić information content (AvgIpc) is 3.68. The summed E-state index contributed by atoms with van der Waals surface area (Å²) in [5, 5.41) is 5.24. The summed E-state index contributed by atoms with van der Waals surface area (Å²) in [6, 6.07) is 33.1. The van der Waals surface area contributed by atoms with Crippen LogP contribution in [0.1, 0.15) is 38.8 Å². The topological polar surface area (TPSA) is 102 Å². The van der Waals surface area contributed by atoms with Crippen LogP contribution in [0, 0.1) is 0 Å². The molecule has 1 saturated heterocycles. The first-order valence-electron chi connectivity index (χ1n) is 16.5. The molecule has 0 unspecified atom stereocenters. The number of aromatic nitrogens is 1. The predicted octanol–water partition coefficient (Wildman–Crippen LogP) is 5.99. The summed E-state index contributed by atoms with van der Waals surface area (Å²) in [5.41, 5.74) is 5.62. The summed E-state index contributed by atoms with van der Waals surface area (Å²) in [7, 11) is -2.23. The van der Waals surface area contributed by atoms with Crippen LogP contribution >= 0.6 is 23.8 Å². The van der Waals surface area contributed by atoms with E-state index in [4.69, 9.17) is 33.3 Å². The van der Waals surface area contributed by atoms with E-state index in [0.717, 1.165) is 39.8 Å². The molecule has 4 aromatic carbocycles. The second kappa shape index (κ2) is 16.1. The number of hydrogen-bond acceptors (Lipinski definition) is 6. The molecule has 1 aliphatic rings. The Hall–Kier alpha value is -4.42. The fourth-order valence-electron chi connectivity index (χ4n) is 6.44. The van der Waals surface area contributed by atoms with Crippen molar-refractivity contribution in [3.63, 3.8) is 0 Å². The quantitative estimate of drug-likeness (QED) is 0.100. The van der Waals surface area contributed by atoms with E-state index in [9.17, 15) is 13.2 Å². The largest absolute Gasteiger partial charge is 0.493 e. The van der Waals surface area contributed by atoms with Crippen LogP contribution in [0.3, 0.4) is 0 Å². The molecule has 0 bridgehead atoms. The van der Waals surface area contributed by atoms with Crippen LogP contribution < -0.4 is 14.8 Å². The van der Waals surface area contributed by atoms with Crippen molar-refractivity contribution in [3.05, 3.63) is 136 Å². The molecule has 1 aromatic heterocycles. The number of nitrogens with zero attached hydrogens (tertiary/aromatic N) is 2. The molecule has 9 nitrogen and oxygen atoms in total. The lowest BCUT2D eigenvalue weighted by atomic mass is 9.97. The molecule has 0 radical (unpaired) electrons. The van der Waals surface area contributed by atoms with Gasteiger partial charge in [0.25, 0.3) is 0 Å². The third-order valence-electron chi connectivity index (χ3n) is 8.83. The molecule has 12 heteroatoms. The fraction of sp³-hybridized carbons (Fsp3) is 0.263. The lowest BCUT2D eigenvalue weighted by Crippen LogP contribution is -2.37. The highest BCUT2D eigenvalue weighted by molar-refractivity contribution is 7.89. The normalized spacial score (nSPS) is 13.2. The van der Waals surface area contributed by atoms with Crippen molar-refractivity contribution in [2.24, 2.45) is 0 Å². The number of fused-ring (bicyclic) bond motifs is 1. The van der Waals surface area contributed by atoms with Gasteiger partial charge in [-0.1, -0.05) is 72.3 Å². The average molecular weight is 731 g/mol. The van der Waals surface area contributed by atoms with E-state index >= 15 is 0 Å². The van der Waals surface area contributed by atoms with Crippen LogP contribution in [0.5, 0.6) is 5.75 Å². The third kappa shape index (κ3) is 8.30. The summed E-state index contributed by atoms with van der Waals surface area (Å²) < 4.78 is 42.5. The van der Waals surface area contributed by atoms with Gasteiger partial charge in [0, 0.05) is 60.6 Å². The van der Waals surface area contributed by atoms with Gasteiger partial charge in [0.1, 0.15) is 5.75 Å². The van der Waals surface area contributed by atoms with Crippen LogP contribution in [0.4, 0.5) is 0 Å². The summed E-state index contributed by atoms with van der Waals surface area (Å²) in [5.74, 6) is 0.150. The van der Waals surface area contributed by atoms with Crippen molar-refractivity contribution in [2.75, 3.05) is 45.6 Å². The second-order valence-electron chi connectivity index (χ2n) is 12.0. The second-order valence-corrected chi connectivity index (χ2v) is 14.7. The maximum absolute atomic E-state index is 13.2. The number of halogens is 1. The lowest BCUT2D eigenvalue weighted by molar-refractivity contribution is 0.0600. The number of sulfonamides is 1. The Kier molecular flexibility index (Phi) is 11.4. The Morgan fingerprint density at radius 2 is 1.64 bits per heavy atom. The van der Waals surface area contributed by atoms with Crippen molar-refractivity contribution in [3.8, 4) is 5.75 Å². The number of benzene rings is 4. The molecule has 0 saturated carbocycles. The van der Waals surface area contributed by atoms with Gasteiger partial charge in [-0.3, -0.25) is 0 Å². The van der Waals surface area contributed by atoms with Gasteiger partial charge in [0.05, 0.1) is 31.1 Å². The molecule has 6 rings (SSSR count). The van der Waals surface area contributed by atoms with Gasteiger partial charge >= 0.3 is 5.97 Å². The fourth-order valence-corrected chi connectivity index (χ4v) is 7.92. The first-order chi connectivity index (χ1) is 24.2. The molecule has 1 aliphatic heterocycles. The van der Waals surface area contributed by atoms with Crippen LogP contribution in [0.25, 0.3) is 10.9 Å². The molecule has 2 heterocycles. The summed E-state index contributed by atoms with van der Waals surface area (Å²) in [6.07, 6.45) is 0.953. The van der Waals surface area contributed by atoms with Crippen molar-refractivity contribution >= 4 is 55.8 Å². The van der Waals surface area contributed by atoms with Gasteiger partial charge in [-0.25, -0.2) is 17.9 Å². The molecule has 0 spiro atoms. The van der Waals surface area contributed by atoms with Crippen LogP contribution in [0.15, 0.2) is 103 Å². The van der Waals surface area contributed by atoms with Crippen molar-refractivity contribution in [2.45, 2.75) is 18.9 Å². The van der Waals surface area contributed by atoms with E-state index in [1.165, 1.54) is 7.11 Å². The maximum atomic E-state index is 13.2. The number of hydrogen-bond donors (Lipinski definition) is 2. The van der Waals surface area contributed by atoms with Gasteiger partial charge in [-0.05, 0) is 71.4 Å². The first-order valence-corrected chi connectivity index (χ1v) is 18.9. The molecule has 0 aliphatic carbocycles.